The normalized spacial score (nSPS) is 12.1. The fourth-order valence-corrected chi connectivity index (χ4v) is 4.75. The fourth-order valence-electron chi connectivity index (χ4n) is 3.78. The lowest BCUT2D eigenvalue weighted by Crippen LogP contribution is -2.49. The molecule has 0 radical (unpaired) electrons. The van der Waals surface area contributed by atoms with Crippen LogP contribution >= 0.6 is 0 Å². The molecule has 2 aromatic carbocycles. The van der Waals surface area contributed by atoms with E-state index in [1.54, 1.807) is 17.0 Å². The number of hydrogen-bond donors (Lipinski definition) is 1. The molecule has 0 saturated carbocycles. The lowest BCUT2D eigenvalue weighted by molar-refractivity contribution is -0.141. The van der Waals surface area contributed by atoms with Crippen LogP contribution in [0.2, 0.25) is 0 Å². The molecule has 0 unspecified atom stereocenters. The predicted molar refractivity (Wildman–Crippen MR) is 137 cm³/mol. The minimum Gasteiger partial charge on any atom is -0.354 e. The molecule has 34 heavy (non-hydrogen) atoms. The molecular formula is C26H37N3O4S. The molecule has 0 fully saturated rings. The monoisotopic (exact) mass is 487 g/mol. The molecule has 0 aliphatic rings. The van der Waals surface area contributed by atoms with Crippen LogP contribution in [0.3, 0.4) is 0 Å². The minimum absolute atomic E-state index is 0.141. The van der Waals surface area contributed by atoms with E-state index in [0.29, 0.717) is 31.6 Å². The number of aryl methyl sites for hydroxylation is 1. The summed E-state index contributed by atoms with van der Waals surface area (Å²) in [5.74, 6) is -0.328. The van der Waals surface area contributed by atoms with Gasteiger partial charge in [-0.1, -0.05) is 61.9 Å². The number of carbonyl (C=O) groups excluding carboxylic acids is 2. The van der Waals surface area contributed by atoms with E-state index in [-0.39, 0.29) is 24.8 Å². The van der Waals surface area contributed by atoms with Crippen molar-refractivity contribution in [3.63, 3.8) is 0 Å². The Morgan fingerprint density at radius 3 is 2.21 bits per heavy atom. The highest BCUT2D eigenvalue weighted by molar-refractivity contribution is 7.92. The molecule has 2 aromatic rings. The molecule has 7 nitrogen and oxygen atoms in total. The number of nitrogens with one attached hydrogen (secondary N) is 1. The number of carbonyl (C=O) groups is 2. The van der Waals surface area contributed by atoms with Crippen LogP contribution in [-0.2, 0) is 26.2 Å². The molecule has 1 N–H and O–H groups in total. The topological polar surface area (TPSA) is 86.8 Å². The summed E-state index contributed by atoms with van der Waals surface area (Å²) in [7, 11) is -3.50. The first-order valence-corrected chi connectivity index (χ1v) is 13.7. The van der Waals surface area contributed by atoms with Gasteiger partial charge in [-0.25, -0.2) is 8.42 Å². The second-order valence-corrected chi connectivity index (χ2v) is 10.4. The molecule has 0 aromatic heterocycles. The van der Waals surface area contributed by atoms with Crippen molar-refractivity contribution < 1.29 is 18.0 Å². The maximum atomic E-state index is 13.3. The smallest absolute Gasteiger partial charge is 0.242 e. The van der Waals surface area contributed by atoms with Crippen LogP contribution in [0.1, 0.15) is 50.7 Å². The second kappa shape index (κ2) is 13.1. The van der Waals surface area contributed by atoms with Gasteiger partial charge in [-0.3, -0.25) is 13.9 Å². The van der Waals surface area contributed by atoms with Crippen LogP contribution in [0.4, 0.5) is 5.69 Å². The van der Waals surface area contributed by atoms with Crippen LogP contribution in [0.15, 0.2) is 54.6 Å². The van der Waals surface area contributed by atoms with E-state index in [1.807, 2.05) is 63.2 Å². The van der Waals surface area contributed by atoms with Crippen LogP contribution in [0.25, 0.3) is 0 Å². The second-order valence-electron chi connectivity index (χ2n) is 8.50. The number of benzene rings is 2. The number of nitrogens with zero attached hydrogens (tertiary/aromatic N) is 2. The van der Waals surface area contributed by atoms with E-state index in [1.165, 1.54) is 10.6 Å². The summed E-state index contributed by atoms with van der Waals surface area (Å²) >= 11 is 0. The summed E-state index contributed by atoms with van der Waals surface area (Å²) in [6.07, 6.45) is 2.96. The Morgan fingerprint density at radius 2 is 1.65 bits per heavy atom. The molecule has 186 valence electrons. The molecule has 1 atom stereocenters. The zero-order valence-electron chi connectivity index (χ0n) is 20.7. The largest absolute Gasteiger partial charge is 0.354 e. The summed E-state index contributed by atoms with van der Waals surface area (Å²) < 4.78 is 26.1. The molecule has 0 spiro atoms. The minimum atomic E-state index is -3.50. The first-order chi connectivity index (χ1) is 16.2. The van der Waals surface area contributed by atoms with Crippen LogP contribution in [-0.4, -0.2) is 50.5 Å². The number of sulfonamides is 1. The van der Waals surface area contributed by atoms with E-state index in [9.17, 15) is 18.0 Å². The van der Waals surface area contributed by atoms with Gasteiger partial charge < -0.3 is 10.2 Å². The highest BCUT2D eigenvalue weighted by Gasteiger charge is 2.28. The van der Waals surface area contributed by atoms with E-state index in [2.05, 4.69) is 5.32 Å². The average Bonchev–Trinajstić information content (AvgIpc) is 2.81. The molecule has 2 amide bonds. The van der Waals surface area contributed by atoms with Gasteiger partial charge in [-0.05, 0) is 43.9 Å². The van der Waals surface area contributed by atoms with Gasteiger partial charge in [-0.2, -0.15) is 0 Å². The number of anilines is 1. The maximum absolute atomic E-state index is 13.3. The van der Waals surface area contributed by atoms with E-state index < -0.39 is 16.1 Å². The SMILES string of the molecule is CCCNC(=O)[C@H](CC)N(Cc1ccccc1)C(=O)CCCN(c1ccc(C)cc1)S(C)(=O)=O. The number of hydrogen-bond acceptors (Lipinski definition) is 4. The molecule has 0 aliphatic carbocycles. The Morgan fingerprint density at radius 1 is 1.00 bits per heavy atom. The summed E-state index contributed by atoms with van der Waals surface area (Å²) in [4.78, 5) is 27.7. The molecule has 0 aliphatic heterocycles. The molecule has 0 saturated heterocycles. The van der Waals surface area contributed by atoms with E-state index >= 15 is 0 Å². The standard InChI is InChI=1S/C26H37N3O4S/c1-5-18-27-26(31)24(6-2)28(20-22-11-8-7-9-12-22)25(30)13-10-19-29(34(4,32)33)23-16-14-21(3)15-17-23/h7-9,11-12,14-17,24H,5-6,10,13,18-20H2,1-4H3,(H,27,31)/t24-/m0/s1. The molecule has 2 rings (SSSR count). The molecule has 8 heteroatoms. The fraction of sp³-hybridized carbons (Fsp3) is 0.462. The van der Waals surface area contributed by atoms with Crippen molar-refractivity contribution in [1.29, 1.82) is 0 Å². The van der Waals surface area contributed by atoms with Gasteiger partial charge in [0.15, 0.2) is 0 Å². The first kappa shape index (κ1) is 27.4. The van der Waals surface area contributed by atoms with E-state index in [0.717, 1.165) is 17.5 Å². The first-order valence-electron chi connectivity index (χ1n) is 11.8. The quantitative estimate of drug-likeness (QED) is 0.465. The zero-order valence-corrected chi connectivity index (χ0v) is 21.5. The van der Waals surface area contributed by atoms with Crippen LogP contribution < -0.4 is 9.62 Å². The summed E-state index contributed by atoms with van der Waals surface area (Å²) in [5.41, 5.74) is 2.55. The van der Waals surface area contributed by atoms with Gasteiger partial charge in [0.2, 0.25) is 21.8 Å². The van der Waals surface area contributed by atoms with Crippen molar-refractivity contribution in [3.8, 4) is 0 Å². The Kier molecular flexibility index (Phi) is 10.6. The Hall–Kier alpha value is -2.87. The lowest BCUT2D eigenvalue weighted by Gasteiger charge is -2.31. The Labute approximate surface area is 204 Å². The van der Waals surface area contributed by atoms with Gasteiger partial charge in [0.1, 0.15) is 6.04 Å². The molecule has 0 heterocycles. The maximum Gasteiger partial charge on any atom is 0.242 e. The van der Waals surface area contributed by atoms with Gasteiger partial charge in [0.05, 0.1) is 11.9 Å². The third-order valence-corrected chi connectivity index (χ3v) is 6.80. The Bertz CT molecular complexity index is 1020. The van der Waals surface area contributed by atoms with Crippen molar-refractivity contribution in [1.82, 2.24) is 10.2 Å². The van der Waals surface area contributed by atoms with Crippen molar-refractivity contribution in [3.05, 3.63) is 65.7 Å². The number of rotatable bonds is 13. The van der Waals surface area contributed by atoms with Crippen molar-refractivity contribution in [2.45, 2.75) is 59.0 Å². The van der Waals surface area contributed by atoms with Crippen LogP contribution in [0.5, 0.6) is 0 Å². The number of amides is 2. The van der Waals surface area contributed by atoms with Gasteiger partial charge in [0, 0.05) is 26.1 Å². The third kappa shape index (κ3) is 8.17. The summed E-state index contributed by atoms with van der Waals surface area (Å²) in [5, 5.41) is 2.90. The van der Waals surface area contributed by atoms with Crippen molar-refractivity contribution >= 4 is 27.5 Å². The van der Waals surface area contributed by atoms with E-state index in [4.69, 9.17) is 0 Å². The highest BCUT2D eigenvalue weighted by atomic mass is 32.2. The average molecular weight is 488 g/mol. The van der Waals surface area contributed by atoms with Gasteiger partial charge >= 0.3 is 0 Å². The molecule has 0 bridgehead atoms. The van der Waals surface area contributed by atoms with Crippen LogP contribution in [0, 0.1) is 6.92 Å². The predicted octanol–water partition coefficient (Wildman–Crippen LogP) is 3.87. The van der Waals surface area contributed by atoms with Crippen molar-refractivity contribution in [2.75, 3.05) is 23.7 Å². The zero-order chi connectivity index (χ0) is 25.1. The van der Waals surface area contributed by atoms with Gasteiger partial charge in [-0.15, -0.1) is 0 Å². The van der Waals surface area contributed by atoms with Gasteiger partial charge in [0.25, 0.3) is 0 Å². The summed E-state index contributed by atoms with van der Waals surface area (Å²) in [6.45, 7) is 6.88. The highest BCUT2D eigenvalue weighted by Crippen LogP contribution is 2.20. The Balaban J connectivity index is 2.16. The van der Waals surface area contributed by atoms with Crippen molar-refractivity contribution in [2.24, 2.45) is 0 Å². The lowest BCUT2D eigenvalue weighted by atomic mass is 10.1. The summed E-state index contributed by atoms with van der Waals surface area (Å²) in [6, 6.07) is 16.3. The molecular weight excluding hydrogens is 450 g/mol. The third-order valence-electron chi connectivity index (χ3n) is 5.61.